The molecular formula is C14H18O. The molecule has 0 N–H and O–H groups in total. The maximum absolute atomic E-state index is 5.79. The highest BCUT2D eigenvalue weighted by atomic mass is 16.5. The van der Waals surface area contributed by atoms with Crippen LogP contribution in [0.3, 0.4) is 0 Å². The van der Waals surface area contributed by atoms with Gasteiger partial charge in [0, 0.05) is 5.92 Å². The van der Waals surface area contributed by atoms with E-state index in [0.717, 1.165) is 13.0 Å². The summed E-state index contributed by atoms with van der Waals surface area (Å²) in [4.78, 5) is 0. The Morgan fingerprint density at radius 1 is 1.27 bits per heavy atom. The standard InChI is InChI=1S/C14H18O/c1-11-8-9-15-14(10-11)12(2)13-6-4-3-5-7-13/h3-8,12,14H,9-10H2,1-2H3. The van der Waals surface area contributed by atoms with Crippen molar-refractivity contribution >= 4 is 0 Å². The Hall–Kier alpha value is -1.08. The Bertz CT molecular complexity index is 340. The van der Waals surface area contributed by atoms with E-state index in [1.165, 1.54) is 11.1 Å². The Balaban J connectivity index is 2.09. The second kappa shape index (κ2) is 4.63. The first kappa shape index (κ1) is 10.4. The summed E-state index contributed by atoms with van der Waals surface area (Å²) in [5.74, 6) is 0.481. The fourth-order valence-corrected chi connectivity index (χ4v) is 2.07. The van der Waals surface area contributed by atoms with E-state index in [1.54, 1.807) is 0 Å². The molecule has 0 bridgehead atoms. The Kier molecular flexibility index (Phi) is 3.22. The molecule has 0 aliphatic carbocycles. The van der Waals surface area contributed by atoms with Crippen molar-refractivity contribution < 1.29 is 4.74 Å². The molecule has 1 aromatic carbocycles. The predicted octanol–water partition coefficient (Wildman–Crippen LogP) is 3.53. The maximum atomic E-state index is 5.79. The van der Waals surface area contributed by atoms with Crippen LogP contribution in [0.15, 0.2) is 42.0 Å². The SMILES string of the molecule is CC1=CCOC(C(C)c2ccccc2)C1. The van der Waals surface area contributed by atoms with Gasteiger partial charge in [0.25, 0.3) is 0 Å². The highest BCUT2D eigenvalue weighted by molar-refractivity contribution is 5.21. The third-order valence-electron chi connectivity index (χ3n) is 3.15. The monoisotopic (exact) mass is 202 g/mol. The van der Waals surface area contributed by atoms with Crippen molar-refractivity contribution in [3.8, 4) is 0 Å². The van der Waals surface area contributed by atoms with Gasteiger partial charge in [0.2, 0.25) is 0 Å². The minimum atomic E-state index is 0.345. The summed E-state index contributed by atoms with van der Waals surface area (Å²) in [5, 5.41) is 0. The molecule has 1 nitrogen and oxygen atoms in total. The third kappa shape index (κ3) is 2.48. The smallest absolute Gasteiger partial charge is 0.0682 e. The van der Waals surface area contributed by atoms with Gasteiger partial charge in [-0.15, -0.1) is 0 Å². The van der Waals surface area contributed by atoms with E-state index < -0.39 is 0 Å². The quantitative estimate of drug-likeness (QED) is 0.667. The van der Waals surface area contributed by atoms with Gasteiger partial charge in [0.05, 0.1) is 12.7 Å². The lowest BCUT2D eigenvalue weighted by Gasteiger charge is -2.27. The molecule has 1 aliphatic heterocycles. The molecule has 0 spiro atoms. The second-order valence-electron chi connectivity index (χ2n) is 4.33. The van der Waals surface area contributed by atoms with Crippen molar-refractivity contribution in [3.05, 3.63) is 47.5 Å². The molecule has 1 aromatic rings. The molecule has 2 atom stereocenters. The van der Waals surface area contributed by atoms with Crippen LogP contribution in [-0.4, -0.2) is 12.7 Å². The van der Waals surface area contributed by atoms with Crippen molar-refractivity contribution in [2.75, 3.05) is 6.61 Å². The summed E-state index contributed by atoms with van der Waals surface area (Å²) >= 11 is 0. The molecule has 0 saturated carbocycles. The van der Waals surface area contributed by atoms with E-state index in [4.69, 9.17) is 4.74 Å². The molecular weight excluding hydrogens is 184 g/mol. The molecule has 2 rings (SSSR count). The fraction of sp³-hybridized carbons (Fsp3) is 0.429. The van der Waals surface area contributed by atoms with Gasteiger partial charge in [0.1, 0.15) is 0 Å². The molecule has 2 unspecified atom stereocenters. The maximum Gasteiger partial charge on any atom is 0.0682 e. The molecule has 1 heterocycles. The lowest BCUT2D eigenvalue weighted by molar-refractivity contribution is 0.0480. The normalized spacial score (nSPS) is 23.3. The van der Waals surface area contributed by atoms with Crippen LogP contribution >= 0.6 is 0 Å². The third-order valence-corrected chi connectivity index (χ3v) is 3.15. The van der Waals surface area contributed by atoms with Gasteiger partial charge < -0.3 is 4.74 Å². The zero-order valence-electron chi connectivity index (χ0n) is 9.44. The molecule has 0 saturated heterocycles. The van der Waals surface area contributed by atoms with Gasteiger partial charge >= 0.3 is 0 Å². The van der Waals surface area contributed by atoms with Gasteiger partial charge in [-0.25, -0.2) is 0 Å². The molecule has 1 heteroatoms. The van der Waals surface area contributed by atoms with Crippen LogP contribution in [0.25, 0.3) is 0 Å². The second-order valence-corrected chi connectivity index (χ2v) is 4.33. The number of ether oxygens (including phenoxy) is 1. The average molecular weight is 202 g/mol. The first-order valence-electron chi connectivity index (χ1n) is 5.59. The summed E-state index contributed by atoms with van der Waals surface area (Å²) in [5.41, 5.74) is 2.83. The molecule has 80 valence electrons. The molecule has 0 amide bonds. The van der Waals surface area contributed by atoms with Gasteiger partial charge in [-0.2, -0.15) is 0 Å². The fourth-order valence-electron chi connectivity index (χ4n) is 2.07. The van der Waals surface area contributed by atoms with Crippen molar-refractivity contribution in [2.45, 2.75) is 32.3 Å². The van der Waals surface area contributed by atoms with Crippen molar-refractivity contribution in [2.24, 2.45) is 0 Å². The molecule has 0 radical (unpaired) electrons. The Labute approximate surface area is 91.8 Å². The van der Waals surface area contributed by atoms with Crippen molar-refractivity contribution in [3.63, 3.8) is 0 Å². The number of hydrogen-bond acceptors (Lipinski definition) is 1. The van der Waals surface area contributed by atoms with Gasteiger partial charge in [0.15, 0.2) is 0 Å². The van der Waals surface area contributed by atoms with Crippen LogP contribution in [0.5, 0.6) is 0 Å². The van der Waals surface area contributed by atoms with Crippen LogP contribution in [0.1, 0.15) is 31.7 Å². The number of hydrogen-bond donors (Lipinski definition) is 0. The van der Waals surface area contributed by atoms with Gasteiger partial charge in [-0.05, 0) is 18.9 Å². The number of benzene rings is 1. The zero-order valence-corrected chi connectivity index (χ0v) is 9.44. The van der Waals surface area contributed by atoms with Gasteiger partial charge in [-0.1, -0.05) is 48.9 Å². The van der Waals surface area contributed by atoms with E-state index in [2.05, 4.69) is 50.3 Å². The van der Waals surface area contributed by atoms with Crippen LogP contribution < -0.4 is 0 Å². The summed E-state index contributed by atoms with van der Waals surface area (Å²) in [6.07, 6.45) is 3.59. The number of rotatable bonds is 2. The summed E-state index contributed by atoms with van der Waals surface area (Å²) in [7, 11) is 0. The first-order valence-corrected chi connectivity index (χ1v) is 5.59. The van der Waals surface area contributed by atoms with Crippen LogP contribution in [0.4, 0.5) is 0 Å². The van der Waals surface area contributed by atoms with Crippen LogP contribution in [0.2, 0.25) is 0 Å². The highest BCUT2D eigenvalue weighted by Gasteiger charge is 2.21. The highest BCUT2D eigenvalue weighted by Crippen LogP contribution is 2.27. The lowest BCUT2D eigenvalue weighted by atomic mass is 9.90. The zero-order chi connectivity index (χ0) is 10.7. The molecule has 15 heavy (non-hydrogen) atoms. The summed E-state index contributed by atoms with van der Waals surface area (Å²) in [6, 6.07) is 10.6. The molecule has 0 aromatic heterocycles. The topological polar surface area (TPSA) is 9.23 Å². The van der Waals surface area contributed by atoms with E-state index in [1.807, 2.05) is 0 Å². The summed E-state index contributed by atoms with van der Waals surface area (Å²) in [6.45, 7) is 5.21. The van der Waals surface area contributed by atoms with Crippen LogP contribution in [0, 0.1) is 0 Å². The minimum Gasteiger partial charge on any atom is -0.373 e. The van der Waals surface area contributed by atoms with Crippen LogP contribution in [-0.2, 0) is 4.74 Å². The van der Waals surface area contributed by atoms with Crippen molar-refractivity contribution in [1.82, 2.24) is 0 Å². The summed E-state index contributed by atoms with van der Waals surface area (Å²) < 4.78 is 5.79. The minimum absolute atomic E-state index is 0.345. The largest absolute Gasteiger partial charge is 0.373 e. The Morgan fingerprint density at radius 3 is 2.67 bits per heavy atom. The van der Waals surface area contributed by atoms with E-state index in [-0.39, 0.29) is 0 Å². The molecule has 0 fully saturated rings. The van der Waals surface area contributed by atoms with Gasteiger partial charge in [-0.3, -0.25) is 0 Å². The lowest BCUT2D eigenvalue weighted by Crippen LogP contribution is -2.24. The predicted molar refractivity (Wildman–Crippen MR) is 63.0 cm³/mol. The van der Waals surface area contributed by atoms with E-state index in [9.17, 15) is 0 Å². The first-order chi connectivity index (χ1) is 7.27. The Morgan fingerprint density at radius 2 is 2.00 bits per heavy atom. The van der Waals surface area contributed by atoms with E-state index >= 15 is 0 Å². The van der Waals surface area contributed by atoms with E-state index in [0.29, 0.717) is 12.0 Å². The van der Waals surface area contributed by atoms with Crippen molar-refractivity contribution in [1.29, 1.82) is 0 Å². The average Bonchev–Trinajstić information content (AvgIpc) is 2.29. The molecule has 1 aliphatic rings.